The number of morpholine rings is 1. The van der Waals surface area contributed by atoms with Crippen LogP contribution in [0.1, 0.15) is 33.6 Å². The van der Waals surface area contributed by atoms with E-state index in [0.717, 1.165) is 26.4 Å². The van der Waals surface area contributed by atoms with Gasteiger partial charge in [-0.15, -0.1) is 0 Å². The van der Waals surface area contributed by atoms with Gasteiger partial charge in [0.2, 0.25) is 0 Å². The Hall–Kier alpha value is -0.120. The fraction of sp³-hybridized carbons (Fsp3) is 1.00. The van der Waals surface area contributed by atoms with Crippen LogP contribution in [0.4, 0.5) is 0 Å². The van der Waals surface area contributed by atoms with Crippen molar-refractivity contribution in [2.75, 3.05) is 26.4 Å². The third-order valence-electron chi connectivity index (χ3n) is 3.28. The highest BCUT2D eigenvalue weighted by Crippen LogP contribution is 2.27. The lowest BCUT2D eigenvalue weighted by Crippen LogP contribution is -2.47. The molecule has 2 aliphatic rings. The van der Waals surface area contributed by atoms with Gasteiger partial charge in [0.05, 0.1) is 25.4 Å². The lowest BCUT2D eigenvalue weighted by atomic mass is 10.2. The molecule has 0 aliphatic carbocycles. The van der Waals surface area contributed by atoms with E-state index in [-0.39, 0.29) is 5.60 Å². The van der Waals surface area contributed by atoms with E-state index in [9.17, 15) is 0 Å². The zero-order valence-corrected chi connectivity index (χ0v) is 10.2. The van der Waals surface area contributed by atoms with Crippen LogP contribution in [0.15, 0.2) is 0 Å². The molecule has 0 bridgehead atoms. The van der Waals surface area contributed by atoms with Crippen molar-refractivity contribution < 1.29 is 9.47 Å². The smallest absolute Gasteiger partial charge is 0.0629 e. The van der Waals surface area contributed by atoms with Crippen LogP contribution in [0.5, 0.6) is 0 Å². The molecule has 0 N–H and O–H groups in total. The molecule has 2 atom stereocenters. The minimum atomic E-state index is -0.00955. The molecular formula is C12H23NO2. The molecule has 2 aliphatic heterocycles. The third-order valence-corrected chi connectivity index (χ3v) is 3.28. The van der Waals surface area contributed by atoms with Crippen molar-refractivity contribution >= 4 is 0 Å². The van der Waals surface area contributed by atoms with Crippen molar-refractivity contribution in [1.82, 2.24) is 4.90 Å². The van der Waals surface area contributed by atoms with Gasteiger partial charge in [0.25, 0.3) is 0 Å². The monoisotopic (exact) mass is 213 g/mol. The molecule has 2 fully saturated rings. The molecule has 2 saturated heterocycles. The van der Waals surface area contributed by atoms with E-state index in [0.29, 0.717) is 12.1 Å². The maximum absolute atomic E-state index is 5.88. The van der Waals surface area contributed by atoms with Crippen molar-refractivity contribution in [1.29, 1.82) is 0 Å². The van der Waals surface area contributed by atoms with Gasteiger partial charge in [-0.3, -0.25) is 4.90 Å². The Kier molecular flexibility index (Phi) is 3.33. The number of fused-ring (bicyclic) bond motifs is 1. The second-order valence-electron chi connectivity index (χ2n) is 5.62. The Bertz CT molecular complexity index is 212. The molecule has 0 aromatic rings. The van der Waals surface area contributed by atoms with Gasteiger partial charge in [-0.25, -0.2) is 0 Å². The predicted octanol–water partition coefficient (Wildman–Crippen LogP) is 1.66. The van der Waals surface area contributed by atoms with Crippen molar-refractivity contribution in [3.05, 3.63) is 0 Å². The molecule has 3 nitrogen and oxygen atoms in total. The predicted molar refractivity (Wildman–Crippen MR) is 60.0 cm³/mol. The van der Waals surface area contributed by atoms with Crippen LogP contribution in [0.25, 0.3) is 0 Å². The fourth-order valence-corrected chi connectivity index (χ4v) is 2.47. The lowest BCUT2D eigenvalue weighted by Gasteiger charge is -2.34. The first kappa shape index (κ1) is 11.4. The summed E-state index contributed by atoms with van der Waals surface area (Å²) in [6.45, 7) is 10.1. The maximum atomic E-state index is 5.88. The average Bonchev–Trinajstić information content (AvgIpc) is 2.57. The van der Waals surface area contributed by atoms with Crippen molar-refractivity contribution in [2.45, 2.75) is 51.3 Å². The van der Waals surface area contributed by atoms with Gasteiger partial charge in [-0.05, 0) is 33.6 Å². The lowest BCUT2D eigenvalue weighted by molar-refractivity contribution is -0.0554. The van der Waals surface area contributed by atoms with Crippen molar-refractivity contribution in [3.8, 4) is 0 Å². The summed E-state index contributed by atoms with van der Waals surface area (Å²) in [5.74, 6) is 0. The van der Waals surface area contributed by atoms with Gasteiger partial charge < -0.3 is 9.47 Å². The molecule has 0 spiro atoms. The van der Waals surface area contributed by atoms with Gasteiger partial charge in [0.15, 0.2) is 0 Å². The Labute approximate surface area is 92.7 Å². The minimum Gasteiger partial charge on any atom is -0.378 e. The van der Waals surface area contributed by atoms with Crippen molar-refractivity contribution in [2.24, 2.45) is 0 Å². The molecule has 0 unspecified atom stereocenters. The van der Waals surface area contributed by atoms with E-state index in [1.54, 1.807) is 0 Å². The number of ether oxygens (including phenoxy) is 2. The van der Waals surface area contributed by atoms with Gasteiger partial charge in [-0.1, -0.05) is 0 Å². The van der Waals surface area contributed by atoms with E-state index in [2.05, 4.69) is 25.7 Å². The molecule has 0 radical (unpaired) electrons. The summed E-state index contributed by atoms with van der Waals surface area (Å²) in [4.78, 5) is 2.58. The number of hydrogen-bond acceptors (Lipinski definition) is 3. The second-order valence-corrected chi connectivity index (χ2v) is 5.62. The molecule has 0 aromatic heterocycles. The largest absolute Gasteiger partial charge is 0.378 e. The Morgan fingerprint density at radius 1 is 1.33 bits per heavy atom. The second kappa shape index (κ2) is 4.40. The molecule has 15 heavy (non-hydrogen) atoms. The summed E-state index contributed by atoms with van der Waals surface area (Å²) in [7, 11) is 0. The van der Waals surface area contributed by atoms with E-state index in [1.807, 2.05) is 0 Å². The number of hydrogen-bond donors (Lipinski definition) is 0. The number of rotatable bonds is 2. The normalized spacial score (nSPS) is 33.0. The summed E-state index contributed by atoms with van der Waals surface area (Å²) in [5.41, 5.74) is -0.00955. The first-order valence-corrected chi connectivity index (χ1v) is 6.04. The zero-order valence-electron chi connectivity index (χ0n) is 10.2. The molecular weight excluding hydrogens is 190 g/mol. The Balaban J connectivity index is 1.83. The summed E-state index contributed by atoms with van der Waals surface area (Å²) in [6, 6.07) is 1.28. The maximum Gasteiger partial charge on any atom is 0.0629 e. The zero-order chi connectivity index (χ0) is 10.9. The highest BCUT2D eigenvalue weighted by molar-refractivity contribution is 4.89. The van der Waals surface area contributed by atoms with E-state index < -0.39 is 0 Å². The minimum absolute atomic E-state index is 0.00955. The van der Waals surface area contributed by atoms with Crippen LogP contribution in [0.2, 0.25) is 0 Å². The van der Waals surface area contributed by atoms with E-state index in [1.165, 1.54) is 12.8 Å². The Morgan fingerprint density at radius 2 is 2.13 bits per heavy atom. The van der Waals surface area contributed by atoms with Crippen LogP contribution in [0, 0.1) is 0 Å². The molecule has 0 aromatic carbocycles. The first-order valence-electron chi connectivity index (χ1n) is 6.04. The Morgan fingerprint density at radius 3 is 2.87 bits per heavy atom. The molecule has 3 heteroatoms. The SMILES string of the molecule is CC(C)(C)OC[C@@H]1CC[C@H]2COCCN21. The quantitative estimate of drug-likeness (QED) is 0.696. The summed E-state index contributed by atoms with van der Waals surface area (Å²) < 4.78 is 11.4. The number of nitrogens with zero attached hydrogens (tertiary/aromatic N) is 1. The van der Waals surface area contributed by atoms with Crippen LogP contribution >= 0.6 is 0 Å². The van der Waals surface area contributed by atoms with Gasteiger partial charge >= 0.3 is 0 Å². The van der Waals surface area contributed by atoms with E-state index >= 15 is 0 Å². The van der Waals surface area contributed by atoms with Gasteiger partial charge in [0.1, 0.15) is 0 Å². The summed E-state index contributed by atoms with van der Waals surface area (Å²) in [5, 5.41) is 0. The molecule has 88 valence electrons. The highest BCUT2D eigenvalue weighted by Gasteiger charge is 2.35. The molecule has 0 saturated carbocycles. The summed E-state index contributed by atoms with van der Waals surface area (Å²) >= 11 is 0. The fourth-order valence-electron chi connectivity index (χ4n) is 2.47. The first-order chi connectivity index (χ1) is 7.06. The van der Waals surface area contributed by atoms with Crippen molar-refractivity contribution in [3.63, 3.8) is 0 Å². The van der Waals surface area contributed by atoms with Crippen LogP contribution in [-0.4, -0.2) is 49.0 Å². The molecule has 2 heterocycles. The molecule has 2 rings (SSSR count). The van der Waals surface area contributed by atoms with Crippen LogP contribution < -0.4 is 0 Å². The summed E-state index contributed by atoms with van der Waals surface area (Å²) in [6.07, 6.45) is 2.54. The van der Waals surface area contributed by atoms with Crippen LogP contribution in [-0.2, 0) is 9.47 Å². The van der Waals surface area contributed by atoms with Gasteiger partial charge in [0, 0.05) is 18.6 Å². The van der Waals surface area contributed by atoms with Crippen LogP contribution in [0.3, 0.4) is 0 Å². The topological polar surface area (TPSA) is 21.7 Å². The standard InChI is InChI=1S/C12H23NO2/c1-12(2,3)15-9-11-5-4-10-8-14-7-6-13(10)11/h10-11H,4-9H2,1-3H3/t10-,11-/m0/s1. The third kappa shape index (κ3) is 2.92. The van der Waals surface area contributed by atoms with Gasteiger partial charge in [-0.2, -0.15) is 0 Å². The highest BCUT2D eigenvalue weighted by atomic mass is 16.5. The molecule has 0 amide bonds. The average molecular weight is 213 g/mol. The van der Waals surface area contributed by atoms with E-state index in [4.69, 9.17) is 9.47 Å².